The number of hydrogen-bond acceptors (Lipinski definition) is 7. The summed E-state index contributed by atoms with van der Waals surface area (Å²) in [6.45, 7) is 5.06. The van der Waals surface area contributed by atoms with Gasteiger partial charge in [-0.1, -0.05) is 6.07 Å². The number of aromatic nitrogens is 3. The molecule has 1 aliphatic heterocycles. The number of pyridine rings is 1. The van der Waals surface area contributed by atoms with E-state index < -0.39 is 5.95 Å². The van der Waals surface area contributed by atoms with E-state index in [9.17, 15) is 4.39 Å². The number of anilines is 2. The van der Waals surface area contributed by atoms with Crippen molar-refractivity contribution in [2.75, 3.05) is 30.7 Å². The maximum atomic E-state index is 13.5. The summed E-state index contributed by atoms with van der Waals surface area (Å²) < 4.78 is 19.2. The van der Waals surface area contributed by atoms with Crippen LogP contribution in [-0.2, 0) is 4.74 Å². The molecule has 1 atom stereocenters. The normalized spacial score (nSPS) is 24.5. The second kappa shape index (κ2) is 8.96. The van der Waals surface area contributed by atoms with Gasteiger partial charge in [-0.15, -0.1) is 0 Å². The molecule has 1 saturated heterocycles. The lowest BCUT2D eigenvalue weighted by Crippen LogP contribution is -2.48. The SMILES string of the molecule is C[C@H]1CN(C2CCC(Nc3ncnc4ccc(-c5cnc(F)c(N)c5)cc34)CC2)CCO1. The van der Waals surface area contributed by atoms with Gasteiger partial charge in [-0.05, 0) is 56.4 Å². The van der Waals surface area contributed by atoms with Crippen LogP contribution in [0.3, 0.4) is 0 Å². The quantitative estimate of drug-likeness (QED) is 0.601. The Morgan fingerprint density at radius 3 is 2.72 bits per heavy atom. The minimum Gasteiger partial charge on any atom is -0.395 e. The number of fused-ring (bicyclic) bond motifs is 1. The van der Waals surface area contributed by atoms with Crippen molar-refractivity contribution >= 4 is 22.4 Å². The molecule has 7 nitrogen and oxygen atoms in total. The molecule has 0 unspecified atom stereocenters. The van der Waals surface area contributed by atoms with Crippen molar-refractivity contribution in [1.82, 2.24) is 19.9 Å². The second-order valence-corrected chi connectivity index (χ2v) is 8.88. The summed E-state index contributed by atoms with van der Waals surface area (Å²) in [4.78, 5) is 15.3. The smallest absolute Gasteiger partial charge is 0.236 e. The van der Waals surface area contributed by atoms with Crippen LogP contribution < -0.4 is 11.1 Å². The van der Waals surface area contributed by atoms with Gasteiger partial charge >= 0.3 is 0 Å². The molecular weight excluding hydrogens is 407 g/mol. The van der Waals surface area contributed by atoms with Crippen molar-refractivity contribution in [2.24, 2.45) is 0 Å². The van der Waals surface area contributed by atoms with Gasteiger partial charge in [0.25, 0.3) is 0 Å². The van der Waals surface area contributed by atoms with Crippen LogP contribution in [0.5, 0.6) is 0 Å². The van der Waals surface area contributed by atoms with Crippen LogP contribution in [0.15, 0.2) is 36.8 Å². The van der Waals surface area contributed by atoms with Crippen molar-refractivity contribution < 1.29 is 9.13 Å². The fourth-order valence-electron chi connectivity index (χ4n) is 4.93. The lowest BCUT2D eigenvalue weighted by atomic mass is 9.89. The number of nitrogens with two attached hydrogens (primary N) is 1. The number of rotatable bonds is 4. The Kier molecular flexibility index (Phi) is 5.89. The molecule has 8 heteroatoms. The Morgan fingerprint density at radius 1 is 1.09 bits per heavy atom. The number of nitrogen functional groups attached to an aromatic ring is 1. The molecule has 1 aliphatic carbocycles. The highest BCUT2D eigenvalue weighted by atomic mass is 19.1. The van der Waals surface area contributed by atoms with Gasteiger partial charge < -0.3 is 15.8 Å². The third-order valence-electron chi connectivity index (χ3n) is 6.66. The molecule has 2 aliphatic rings. The highest BCUT2D eigenvalue weighted by Gasteiger charge is 2.29. The minimum absolute atomic E-state index is 0.0386. The van der Waals surface area contributed by atoms with E-state index in [0.717, 1.165) is 60.4 Å². The molecule has 0 spiro atoms. The maximum absolute atomic E-state index is 13.5. The number of halogens is 1. The molecular formula is C24H29FN6O. The van der Waals surface area contributed by atoms with E-state index in [1.807, 2.05) is 18.2 Å². The topological polar surface area (TPSA) is 89.2 Å². The van der Waals surface area contributed by atoms with Crippen LogP contribution in [0.2, 0.25) is 0 Å². The van der Waals surface area contributed by atoms with Gasteiger partial charge in [0.15, 0.2) is 0 Å². The van der Waals surface area contributed by atoms with Crippen molar-refractivity contribution in [2.45, 2.75) is 50.8 Å². The van der Waals surface area contributed by atoms with Gasteiger partial charge in [-0.3, -0.25) is 4.90 Å². The first-order valence-electron chi connectivity index (χ1n) is 11.3. The van der Waals surface area contributed by atoms with E-state index in [0.29, 0.717) is 18.2 Å². The fraction of sp³-hybridized carbons (Fsp3) is 0.458. The van der Waals surface area contributed by atoms with Crippen LogP contribution in [0, 0.1) is 5.95 Å². The van der Waals surface area contributed by atoms with Crippen molar-refractivity contribution in [3.05, 3.63) is 42.7 Å². The van der Waals surface area contributed by atoms with Gasteiger partial charge in [0.2, 0.25) is 5.95 Å². The van der Waals surface area contributed by atoms with Crippen molar-refractivity contribution in [3.8, 4) is 11.1 Å². The van der Waals surface area contributed by atoms with Gasteiger partial charge in [-0.25, -0.2) is 15.0 Å². The zero-order chi connectivity index (χ0) is 22.1. The van der Waals surface area contributed by atoms with Gasteiger partial charge in [0.05, 0.1) is 23.9 Å². The first-order chi connectivity index (χ1) is 15.6. The summed E-state index contributed by atoms with van der Waals surface area (Å²) in [5.41, 5.74) is 8.28. The van der Waals surface area contributed by atoms with Crippen LogP contribution in [0.4, 0.5) is 15.9 Å². The lowest BCUT2D eigenvalue weighted by molar-refractivity contribution is -0.0396. The van der Waals surface area contributed by atoms with Crippen molar-refractivity contribution in [1.29, 1.82) is 0 Å². The third kappa shape index (κ3) is 4.38. The van der Waals surface area contributed by atoms with Gasteiger partial charge in [-0.2, -0.15) is 4.39 Å². The summed E-state index contributed by atoms with van der Waals surface area (Å²) in [7, 11) is 0. The zero-order valence-electron chi connectivity index (χ0n) is 18.3. The van der Waals surface area contributed by atoms with E-state index in [2.05, 4.69) is 32.1 Å². The van der Waals surface area contributed by atoms with Crippen LogP contribution in [0.25, 0.3) is 22.0 Å². The predicted octanol–water partition coefficient (Wildman–Crippen LogP) is 3.86. The number of morpholine rings is 1. The van der Waals surface area contributed by atoms with Crippen LogP contribution in [0.1, 0.15) is 32.6 Å². The first-order valence-corrected chi connectivity index (χ1v) is 11.3. The highest BCUT2D eigenvalue weighted by molar-refractivity contribution is 5.92. The number of nitrogens with zero attached hydrogens (tertiary/aromatic N) is 4. The average molecular weight is 437 g/mol. The lowest BCUT2D eigenvalue weighted by Gasteiger charge is -2.40. The number of benzene rings is 1. The largest absolute Gasteiger partial charge is 0.395 e. The summed E-state index contributed by atoms with van der Waals surface area (Å²) in [5, 5.41) is 4.60. The van der Waals surface area contributed by atoms with E-state index in [1.165, 1.54) is 19.0 Å². The molecule has 1 saturated carbocycles. The Morgan fingerprint density at radius 2 is 1.94 bits per heavy atom. The summed E-state index contributed by atoms with van der Waals surface area (Å²) in [5.74, 6) is 0.186. The zero-order valence-corrected chi connectivity index (χ0v) is 18.3. The van der Waals surface area contributed by atoms with E-state index in [-0.39, 0.29) is 5.69 Å². The summed E-state index contributed by atoms with van der Waals surface area (Å²) >= 11 is 0. The first kappa shape index (κ1) is 21.0. The highest BCUT2D eigenvalue weighted by Crippen LogP contribution is 2.31. The monoisotopic (exact) mass is 436 g/mol. The predicted molar refractivity (Wildman–Crippen MR) is 124 cm³/mol. The molecule has 2 fully saturated rings. The fourth-order valence-corrected chi connectivity index (χ4v) is 4.93. The second-order valence-electron chi connectivity index (χ2n) is 8.88. The maximum Gasteiger partial charge on any atom is 0.236 e. The molecule has 3 aromatic rings. The molecule has 1 aromatic carbocycles. The number of ether oxygens (including phenoxy) is 1. The molecule has 32 heavy (non-hydrogen) atoms. The minimum atomic E-state index is -0.651. The molecule has 168 valence electrons. The molecule has 0 amide bonds. The number of nitrogens with one attached hydrogen (secondary N) is 1. The van der Waals surface area contributed by atoms with E-state index in [4.69, 9.17) is 10.5 Å². The molecule has 3 N–H and O–H groups in total. The Labute approximate surface area is 187 Å². The Bertz CT molecular complexity index is 1100. The molecule has 2 aromatic heterocycles. The number of hydrogen-bond donors (Lipinski definition) is 2. The summed E-state index contributed by atoms with van der Waals surface area (Å²) in [6.07, 6.45) is 8.01. The molecule has 0 bridgehead atoms. The molecule has 0 radical (unpaired) electrons. The summed E-state index contributed by atoms with van der Waals surface area (Å²) in [6, 6.07) is 8.55. The molecule has 3 heterocycles. The van der Waals surface area contributed by atoms with Crippen molar-refractivity contribution in [3.63, 3.8) is 0 Å². The third-order valence-corrected chi connectivity index (χ3v) is 6.66. The van der Waals surface area contributed by atoms with E-state index in [1.54, 1.807) is 12.4 Å². The van der Waals surface area contributed by atoms with Crippen LogP contribution >= 0.6 is 0 Å². The Hall–Kier alpha value is -2.84. The standard InChI is InChI=1S/C24H29FN6O/c1-15-13-31(8-9-32-15)19-5-3-18(4-6-19)30-24-20-10-16(2-7-22(20)28-14-29-24)17-11-21(26)23(25)27-12-17/h2,7,10-12,14-15,18-19H,3-6,8-9,13,26H2,1H3,(H,28,29,30)/t15-,18?,19?/m0/s1. The van der Waals surface area contributed by atoms with E-state index >= 15 is 0 Å². The van der Waals surface area contributed by atoms with Gasteiger partial charge in [0, 0.05) is 42.3 Å². The average Bonchev–Trinajstić information content (AvgIpc) is 2.81. The van der Waals surface area contributed by atoms with Gasteiger partial charge in [0.1, 0.15) is 12.1 Å². The molecule has 5 rings (SSSR count). The van der Waals surface area contributed by atoms with Crippen LogP contribution in [-0.4, -0.2) is 57.7 Å². The Balaban J connectivity index is 1.31.